The molecule has 0 aromatic heterocycles. The second kappa shape index (κ2) is 7.84. The van der Waals surface area contributed by atoms with E-state index in [4.69, 9.17) is 15.2 Å². The summed E-state index contributed by atoms with van der Waals surface area (Å²) in [5, 5.41) is 9.20. The zero-order valence-electron chi connectivity index (χ0n) is 11.1. The highest BCUT2D eigenvalue weighted by Gasteiger charge is 2.39. The molecule has 0 aromatic carbocycles. The Morgan fingerprint density at radius 2 is 1.72 bits per heavy atom. The summed E-state index contributed by atoms with van der Waals surface area (Å²) >= 11 is 0. The first-order valence-electron chi connectivity index (χ1n) is 5.96. The van der Waals surface area contributed by atoms with Gasteiger partial charge in [0.15, 0.2) is 0 Å². The van der Waals surface area contributed by atoms with Gasteiger partial charge in [-0.05, 0) is 13.8 Å². The number of carboxylic acids is 1. The Morgan fingerprint density at radius 3 is 2.00 bits per heavy atom. The molecule has 1 amide bonds. The number of carbonyl (C=O) groups excluding carboxylic acids is 1. The zero-order chi connectivity index (χ0) is 14.2. The summed E-state index contributed by atoms with van der Waals surface area (Å²) in [7, 11) is 0. The third kappa shape index (κ3) is 4.46. The first-order valence-corrected chi connectivity index (χ1v) is 5.96. The quantitative estimate of drug-likeness (QED) is 0.476. The minimum atomic E-state index is -1.42. The summed E-state index contributed by atoms with van der Waals surface area (Å²) < 4.78 is 10.9. The maximum absolute atomic E-state index is 11.3. The molecule has 0 radical (unpaired) electrons. The van der Waals surface area contributed by atoms with Gasteiger partial charge in [-0.3, -0.25) is 4.79 Å². The Hall–Kier alpha value is -1.40. The molecular formula is C12H21NO5. The molecule has 0 aliphatic heterocycles. The highest BCUT2D eigenvalue weighted by atomic mass is 16.7. The van der Waals surface area contributed by atoms with Gasteiger partial charge in [0.2, 0.25) is 11.7 Å². The van der Waals surface area contributed by atoms with Crippen molar-refractivity contribution in [3.8, 4) is 0 Å². The van der Waals surface area contributed by atoms with Crippen molar-refractivity contribution in [1.29, 1.82) is 0 Å². The molecule has 0 aliphatic rings. The number of ether oxygens (including phenoxy) is 2. The van der Waals surface area contributed by atoms with Gasteiger partial charge < -0.3 is 20.3 Å². The number of hydrogen-bond donors (Lipinski definition) is 2. The number of rotatable bonds is 9. The van der Waals surface area contributed by atoms with Crippen LogP contribution in [0.15, 0.2) is 11.6 Å². The van der Waals surface area contributed by atoms with Crippen LogP contribution in [-0.2, 0) is 19.1 Å². The van der Waals surface area contributed by atoms with Gasteiger partial charge in [0.05, 0.1) is 0 Å². The molecule has 0 rings (SSSR count). The number of primary amides is 1. The minimum Gasteiger partial charge on any atom is -0.478 e. The Bertz CT molecular complexity index is 307. The van der Waals surface area contributed by atoms with Crippen molar-refractivity contribution in [3.63, 3.8) is 0 Å². The SMILES string of the molecule is CCCC(OCC)(OCC)C(=CC(N)=O)C(=O)O. The Kier molecular flexibility index (Phi) is 7.23. The molecule has 0 aromatic rings. The molecule has 0 saturated carbocycles. The minimum absolute atomic E-state index is 0.263. The molecule has 3 N–H and O–H groups in total. The van der Waals surface area contributed by atoms with Crippen LogP contribution in [0.5, 0.6) is 0 Å². The Balaban J connectivity index is 5.57. The lowest BCUT2D eigenvalue weighted by molar-refractivity contribution is -0.214. The summed E-state index contributed by atoms with van der Waals surface area (Å²) in [6.07, 6.45) is 1.83. The molecule has 0 atom stereocenters. The van der Waals surface area contributed by atoms with E-state index in [1.807, 2.05) is 6.92 Å². The molecule has 0 spiro atoms. The van der Waals surface area contributed by atoms with Crippen LogP contribution >= 0.6 is 0 Å². The van der Waals surface area contributed by atoms with Gasteiger partial charge in [0.1, 0.15) is 5.57 Å². The topological polar surface area (TPSA) is 98.9 Å². The average molecular weight is 259 g/mol. The van der Waals surface area contributed by atoms with Crippen molar-refractivity contribution in [3.05, 3.63) is 11.6 Å². The van der Waals surface area contributed by atoms with Crippen molar-refractivity contribution in [2.24, 2.45) is 5.73 Å². The van der Waals surface area contributed by atoms with Crippen LogP contribution in [0, 0.1) is 0 Å². The van der Waals surface area contributed by atoms with Crippen LogP contribution in [0.4, 0.5) is 0 Å². The van der Waals surface area contributed by atoms with Gasteiger partial charge in [0.25, 0.3) is 0 Å². The number of carbonyl (C=O) groups is 2. The van der Waals surface area contributed by atoms with E-state index < -0.39 is 17.7 Å². The largest absolute Gasteiger partial charge is 0.478 e. The Morgan fingerprint density at radius 1 is 1.22 bits per heavy atom. The molecular weight excluding hydrogens is 238 g/mol. The Labute approximate surface area is 107 Å². The first kappa shape index (κ1) is 16.6. The van der Waals surface area contributed by atoms with Crippen molar-refractivity contribution < 1.29 is 24.2 Å². The maximum Gasteiger partial charge on any atom is 0.337 e. The van der Waals surface area contributed by atoms with Crippen LogP contribution in [0.3, 0.4) is 0 Å². The fourth-order valence-electron chi connectivity index (χ4n) is 1.75. The van der Waals surface area contributed by atoms with E-state index in [-0.39, 0.29) is 18.8 Å². The summed E-state index contributed by atoms with van der Waals surface area (Å²) in [5.74, 6) is -3.53. The van der Waals surface area contributed by atoms with Crippen molar-refractivity contribution in [2.75, 3.05) is 13.2 Å². The van der Waals surface area contributed by atoms with E-state index in [1.165, 1.54) is 0 Å². The van der Waals surface area contributed by atoms with E-state index in [1.54, 1.807) is 13.8 Å². The lowest BCUT2D eigenvalue weighted by Crippen LogP contribution is -2.42. The van der Waals surface area contributed by atoms with Gasteiger partial charge >= 0.3 is 5.97 Å². The molecule has 6 nitrogen and oxygen atoms in total. The summed E-state index contributed by atoms with van der Waals surface area (Å²) in [6, 6.07) is 0. The third-order valence-electron chi connectivity index (χ3n) is 2.26. The van der Waals surface area contributed by atoms with E-state index in [0.717, 1.165) is 6.08 Å². The molecule has 0 heterocycles. The highest BCUT2D eigenvalue weighted by molar-refractivity contribution is 5.98. The van der Waals surface area contributed by atoms with E-state index >= 15 is 0 Å². The van der Waals surface area contributed by atoms with E-state index in [0.29, 0.717) is 12.8 Å². The fourth-order valence-corrected chi connectivity index (χ4v) is 1.75. The van der Waals surface area contributed by atoms with Crippen LogP contribution in [0.25, 0.3) is 0 Å². The molecule has 6 heteroatoms. The van der Waals surface area contributed by atoms with Gasteiger partial charge in [-0.1, -0.05) is 13.3 Å². The monoisotopic (exact) mass is 259 g/mol. The number of nitrogens with two attached hydrogens (primary N) is 1. The van der Waals surface area contributed by atoms with Crippen LogP contribution in [-0.4, -0.2) is 36.0 Å². The average Bonchev–Trinajstić information content (AvgIpc) is 2.26. The predicted octanol–water partition coefficient (Wildman–Crippen LogP) is 1.05. The van der Waals surface area contributed by atoms with Crippen LogP contribution in [0.2, 0.25) is 0 Å². The normalized spacial score (nSPS) is 12.5. The number of carboxylic acid groups (broad SMARTS) is 1. The first-order chi connectivity index (χ1) is 8.43. The van der Waals surface area contributed by atoms with Crippen molar-refractivity contribution >= 4 is 11.9 Å². The maximum atomic E-state index is 11.3. The lowest BCUT2D eigenvalue weighted by atomic mass is 9.99. The van der Waals surface area contributed by atoms with E-state index in [2.05, 4.69) is 0 Å². The van der Waals surface area contributed by atoms with Crippen LogP contribution < -0.4 is 5.73 Å². The summed E-state index contributed by atoms with van der Waals surface area (Å²) in [6.45, 7) is 5.86. The van der Waals surface area contributed by atoms with E-state index in [9.17, 15) is 14.7 Å². The molecule has 18 heavy (non-hydrogen) atoms. The van der Waals surface area contributed by atoms with Crippen molar-refractivity contribution in [1.82, 2.24) is 0 Å². The lowest BCUT2D eigenvalue weighted by Gasteiger charge is -2.33. The molecule has 0 aliphatic carbocycles. The van der Waals surface area contributed by atoms with Gasteiger partial charge in [0, 0.05) is 25.7 Å². The smallest absolute Gasteiger partial charge is 0.337 e. The fraction of sp³-hybridized carbons (Fsp3) is 0.667. The molecule has 0 fully saturated rings. The molecule has 0 unspecified atom stereocenters. The second-order valence-corrected chi connectivity index (χ2v) is 3.63. The van der Waals surface area contributed by atoms with Gasteiger partial charge in [-0.2, -0.15) is 0 Å². The number of amides is 1. The predicted molar refractivity (Wildman–Crippen MR) is 65.8 cm³/mol. The van der Waals surface area contributed by atoms with Crippen molar-refractivity contribution in [2.45, 2.75) is 39.4 Å². The molecule has 104 valence electrons. The highest BCUT2D eigenvalue weighted by Crippen LogP contribution is 2.29. The van der Waals surface area contributed by atoms with Crippen LogP contribution in [0.1, 0.15) is 33.6 Å². The van der Waals surface area contributed by atoms with Gasteiger partial charge in [-0.25, -0.2) is 4.79 Å². The summed E-state index contributed by atoms with van der Waals surface area (Å²) in [5.41, 5.74) is 4.76. The third-order valence-corrected chi connectivity index (χ3v) is 2.26. The standard InChI is InChI=1S/C12H21NO5/c1-4-7-12(17-5-2,18-6-3)9(11(15)16)8-10(13)14/h8H,4-7H2,1-3H3,(H2,13,14)(H,15,16). The second-order valence-electron chi connectivity index (χ2n) is 3.63. The molecule has 0 saturated heterocycles. The molecule has 0 bridgehead atoms. The summed E-state index contributed by atoms with van der Waals surface area (Å²) in [4.78, 5) is 22.2. The van der Waals surface area contributed by atoms with Gasteiger partial charge in [-0.15, -0.1) is 0 Å². The number of aliphatic carboxylic acids is 1. The number of hydrogen-bond acceptors (Lipinski definition) is 4. The zero-order valence-corrected chi connectivity index (χ0v) is 11.1.